The number of anilines is 2. The normalized spacial score (nSPS) is 15.3. The summed E-state index contributed by atoms with van der Waals surface area (Å²) in [5, 5.41) is 2.99. The summed E-state index contributed by atoms with van der Waals surface area (Å²) in [6.45, 7) is 6.33. The van der Waals surface area contributed by atoms with Crippen molar-refractivity contribution in [2.45, 2.75) is 13.3 Å². The minimum absolute atomic E-state index is 0.0624. The summed E-state index contributed by atoms with van der Waals surface area (Å²) in [4.78, 5) is 16.8. The Morgan fingerprint density at radius 2 is 1.62 bits per heavy atom. The van der Waals surface area contributed by atoms with E-state index in [2.05, 4.69) is 58.4 Å². The fourth-order valence-electron chi connectivity index (χ4n) is 3.03. The van der Waals surface area contributed by atoms with Gasteiger partial charge >= 0.3 is 0 Å². The van der Waals surface area contributed by atoms with Gasteiger partial charge < -0.3 is 10.2 Å². The molecule has 0 bridgehead atoms. The molecule has 0 saturated carbocycles. The maximum Gasteiger partial charge on any atom is 0.238 e. The van der Waals surface area contributed by atoms with Gasteiger partial charge in [-0.3, -0.25) is 9.69 Å². The second-order valence-corrected chi connectivity index (χ2v) is 6.20. The Morgan fingerprint density at radius 3 is 2.25 bits per heavy atom. The zero-order valence-corrected chi connectivity index (χ0v) is 14.2. The molecule has 0 aromatic heterocycles. The van der Waals surface area contributed by atoms with Gasteiger partial charge in [0.2, 0.25) is 5.91 Å². The average molecular weight is 323 g/mol. The molecule has 1 heterocycles. The number of aryl methyl sites for hydroxylation is 1. The molecule has 0 aliphatic carbocycles. The summed E-state index contributed by atoms with van der Waals surface area (Å²) in [5.74, 6) is 0.0624. The van der Waals surface area contributed by atoms with Crippen molar-refractivity contribution in [2.75, 3.05) is 42.9 Å². The molecular formula is C20H25N3O. The van der Waals surface area contributed by atoms with Crippen molar-refractivity contribution in [3.8, 4) is 0 Å². The van der Waals surface area contributed by atoms with Gasteiger partial charge in [0.25, 0.3) is 0 Å². The number of carbonyl (C=O) groups excluding carboxylic acids is 1. The highest BCUT2D eigenvalue weighted by atomic mass is 16.2. The monoisotopic (exact) mass is 323 g/mol. The van der Waals surface area contributed by atoms with Crippen molar-refractivity contribution in [1.29, 1.82) is 0 Å². The van der Waals surface area contributed by atoms with Crippen molar-refractivity contribution < 1.29 is 4.79 Å². The Kier molecular flexibility index (Phi) is 5.49. The third kappa shape index (κ3) is 4.36. The zero-order valence-electron chi connectivity index (χ0n) is 14.2. The van der Waals surface area contributed by atoms with E-state index in [1.54, 1.807) is 0 Å². The van der Waals surface area contributed by atoms with E-state index in [0.29, 0.717) is 6.54 Å². The van der Waals surface area contributed by atoms with Crippen LogP contribution in [0.5, 0.6) is 0 Å². The van der Waals surface area contributed by atoms with Gasteiger partial charge in [-0.1, -0.05) is 37.3 Å². The molecule has 1 N–H and O–H groups in total. The first-order chi connectivity index (χ1) is 11.7. The SMILES string of the molecule is CCc1ccc(NC(=O)CN2CCN(c3ccccc3)CC2)cc1. The smallest absolute Gasteiger partial charge is 0.238 e. The van der Waals surface area contributed by atoms with E-state index in [1.807, 2.05) is 18.2 Å². The largest absolute Gasteiger partial charge is 0.369 e. The van der Waals surface area contributed by atoms with Crippen molar-refractivity contribution >= 4 is 17.3 Å². The maximum absolute atomic E-state index is 12.2. The fraction of sp³-hybridized carbons (Fsp3) is 0.350. The van der Waals surface area contributed by atoms with Crippen LogP contribution >= 0.6 is 0 Å². The summed E-state index contributed by atoms with van der Waals surface area (Å²) in [5.41, 5.74) is 3.42. The molecule has 24 heavy (non-hydrogen) atoms. The van der Waals surface area contributed by atoms with Gasteiger partial charge in [-0.2, -0.15) is 0 Å². The molecule has 1 saturated heterocycles. The van der Waals surface area contributed by atoms with E-state index in [0.717, 1.165) is 38.3 Å². The molecule has 0 unspecified atom stereocenters. The van der Waals surface area contributed by atoms with Crippen molar-refractivity contribution in [1.82, 2.24) is 4.90 Å². The molecule has 2 aromatic carbocycles. The summed E-state index contributed by atoms with van der Waals surface area (Å²) < 4.78 is 0. The van der Waals surface area contributed by atoms with Crippen LogP contribution in [0.15, 0.2) is 54.6 Å². The zero-order chi connectivity index (χ0) is 16.8. The lowest BCUT2D eigenvalue weighted by Crippen LogP contribution is -2.48. The number of para-hydroxylation sites is 1. The van der Waals surface area contributed by atoms with E-state index in [4.69, 9.17) is 0 Å². The summed E-state index contributed by atoms with van der Waals surface area (Å²) >= 11 is 0. The van der Waals surface area contributed by atoms with Crippen LogP contribution in [-0.4, -0.2) is 43.5 Å². The lowest BCUT2D eigenvalue weighted by molar-refractivity contribution is -0.117. The van der Waals surface area contributed by atoms with E-state index in [-0.39, 0.29) is 5.91 Å². The van der Waals surface area contributed by atoms with Gasteiger partial charge in [-0.05, 0) is 36.2 Å². The van der Waals surface area contributed by atoms with Crippen molar-refractivity contribution in [2.24, 2.45) is 0 Å². The predicted molar refractivity (Wildman–Crippen MR) is 99.5 cm³/mol. The highest BCUT2D eigenvalue weighted by Crippen LogP contribution is 2.15. The fourth-order valence-corrected chi connectivity index (χ4v) is 3.03. The molecule has 1 amide bonds. The predicted octanol–water partition coefficient (Wildman–Crippen LogP) is 3.01. The Balaban J connectivity index is 1.46. The van der Waals surface area contributed by atoms with Crippen LogP contribution in [0, 0.1) is 0 Å². The lowest BCUT2D eigenvalue weighted by Gasteiger charge is -2.35. The number of rotatable bonds is 5. The number of carbonyl (C=O) groups is 1. The molecule has 2 aromatic rings. The quantitative estimate of drug-likeness (QED) is 0.919. The summed E-state index contributed by atoms with van der Waals surface area (Å²) in [6, 6.07) is 18.5. The average Bonchev–Trinajstić information content (AvgIpc) is 2.64. The molecule has 0 radical (unpaired) electrons. The molecule has 0 spiro atoms. The van der Waals surface area contributed by atoms with Crippen LogP contribution in [-0.2, 0) is 11.2 Å². The minimum atomic E-state index is 0.0624. The van der Waals surface area contributed by atoms with E-state index in [1.165, 1.54) is 11.3 Å². The second kappa shape index (κ2) is 7.97. The van der Waals surface area contributed by atoms with Gasteiger partial charge in [0.05, 0.1) is 6.54 Å². The van der Waals surface area contributed by atoms with Gasteiger partial charge in [0.1, 0.15) is 0 Å². The number of nitrogens with one attached hydrogen (secondary N) is 1. The minimum Gasteiger partial charge on any atom is -0.369 e. The highest BCUT2D eigenvalue weighted by Gasteiger charge is 2.19. The van der Waals surface area contributed by atoms with Gasteiger partial charge in [-0.15, -0.1) is 0 Å². The van der Waals surface area contributed by atoms with Crippen LogP contribution in [0.3, 0.4) is 0 Å². The van der Waals surface area contributed by atoms with E-state index < -0.39 is 0 Å². The van der Waals surface area contributed by atoms with Crippen molar-refractivity contribution in [3.05, 3.63) is 60.2 Å². The highest BCUT2D eigenvalue weighted by molar-refractivity contribution is 5.92. The molecule has 1 fully saturated rings. The molecule has 0 atom stereocenters. The van der Waals surface area contributed by atoms with E-state index >= 15 is 0 Å². The van der Waals surface area contributed by atoms with Gasteiger partial charge in [0, 0.05) is 37.6 Å². The summed E-state index contributed by atoms with van der Waals surface area (Å²) in [6.07, 6.45) is 1.01. The van der Waals surface area contributed by atoms with Gasteiger partial charge in [0.15, 0.2) is 0 Å². The standard InChI is InChI=1S/C20H25N3O/c1-2-17-8-10-18(11-9-17)21-20(24)16-22-12-14-23(15-13-22)19-6-4-3-5-7-19/h3-11H,2,12-16H2,1H3,(H,21,24). The van der Waals surface area contributed by atoms with Crippen LogP contribution in [0.1, 0.15) is 12.5 Å². The van der Waals surface area contributed by atoms with Crippen LogP contribution in [0.25, 0.3) is 0 Å². The van der Waals surface area contributed by atoms with Crippen molar-refractivity contribution in [3.63, 3.8) is 0 Å². The Labute approximate surface area is 144 Å². The molecule has 3 rings (SSSR count). The van der Waals surface area contributed by atoms with Gasteiger partial charge in [-0.25, -0.2) is 0 Å². The van der Waals surface area contributed by atoms with Crippen LogP contribution in [0.2, 0.25) is 0 Å². The Hall–Kier alpha value is -2.33. The number of nitrogens with zero attached hydrogens (tertiary/aromatic N) is 2. The lowest BCUT2D eigenvalue weighted by atomic mass is 10.1. The first-order valence-electron chi connectivity index (χ1n) is 8.66. The molecule has 4 nitrogen and oxygen atoms in total. The third-order valence-electron chi connectivity index (χ3n) is 4.51. The summed E-state index contributed by atoms with van der Waals surface area (Å²) in [7, 11) is 0. The number of hydrogen-bond acceptors (Lipinski definition) is 3. The molecule has 1 aliphatic heterocycles. The number of amides is 1. The second-order valence-electron chi connectivity index (χ2n) is 6.20. The Morgan fingerprint density at radius 1 is 0.958 bits per heavy atom. The molecular weight excluding hydrogens is 298 g/mol. The van der Waals surface area contributed by atoms with Crippen LogP contribution in [0.4, 0.5) is 11.4 Å². The Bertz CT molecular complexity index is 646. The van der Waals surface area contributed by atoms with Crippen LogP contribution < -0.4 is 10.2 Å². The first kappa shape index (κ1) is 16.5. The number of benzene rings is 2. The topological polar surface area (TPSA) is 35.6 Å². The molecule has 4 heteroatoms. The number of hydrogen-bond donors (Lipinski definition) is 1. The molecule has 1 aliphatic rings. The number of piperazine rings is 1. The first-order valence-corrected chi connectivity index (χ1v) is 8.66. The maximum atomic E-state index is 12.2. The van der Waals surface area contributed by atoms with E-state index in [9.17, 15) is 4.79 Å². The third-order valence-corrected chi connectivity index (χ3v) is 4.51. The molecule has 126 valence electrons.